The van der Waals surface area contributed by atoms with E-state index < -0.39 is 17.2 Å². The van der Waals surface area contributed by atoms with Crippen LogP contribution in [-0.2, 0) is 11.3 Å². The summed E-state index contributed by atoms with van der Waals surface area (Å²) in [6.07, 6.45) is 1.58. The smallest absolute Gasteiger partial charge is 0.307 e. The molecule has 0 bridgehead atoms. The van der Waals surface area contributed by atoms with Crippen LogP contribution in [0, 0.1) is 13.8 Å². The molecule has 1 unspecified atom stereocenters. The Balaban J connectivity index is 1.78. The minimum Gasteiger partial charge on any atom is -0.307 e. The number of fused-ring (bicyclic) bond motifs is 1. The third kappa shape index (κ3) is 5.38. The van der Waals surface area contributed by atoms with Crippen molar-refractivity contribution < 1.29 is 9.59 Å². The first-order valence-corrected chi connectivity index (χ1v) is 11.1. The highest BCUT2D eigenvalue weighted by Crippen LogP contribution is 2.24. The number of nitrogens with one attached hydrogen (secondary N) is 2. The number of hydrogen-bond donors (Lipinski definition) is 2. The van der Waals surface area contributed by atoms with Gasteiger partial charge in [0.15, 0.2) is 5.16 Å². The summed E-state index contributed by atoms with van der Waals surface area (Å²) in [5, 5.41) is 5.53. The van der Waals surface area contributed by atoms with Crippen molar-refractivity contribution in [2.75, 3.05) is 5.32 Å². The first-order valence-electron chi connectivity index (χ1n) is 9.86. The number of aryl methyl sites for hydroxylation is 2. The quantitative estimate of drug-likeness (QED) is 0.310. The fourth-order valence-corrected chi connectivity index (χ4v) is 4.17. The Morgan fingerprint density at radius 1 is 1.25 bits per heavy atom. The normalized spacial score (nSPS) is 11.8. The molecule has 166 valence electrons. The van der Waals surface area contributed by atoms with Crippen LogP contribution >= 0.6 is 23.4 Å². The largest absolute Gasteiger partial charge is 0.325 e. The van der Waals surface area contributed by atoms with Crippen LogP contribution in [0.15, 0.2) is 59.0 Å². The van der Waals surface area contributed by atoms with Crippen LogP contribution in [0.3, 0.4) is 0 Å². The molecule has 0 saturated carbocycles. The van der Waals surface area contributed by atoms with Gasteiger partial charge in [-0.05, 0) is 50.6 Å². The number of benzene rings is 2. The number of halogens is 1. The van der Waals surface area contributed by atoms with E-state index in [-0.39, 0.29) is 12.1 Å². The molecule has 9 heteroatoms. The molecule has 32 heavy (non-hydrogen) atoms. The highest BCUT2D eigenvalue weighted by Gasteiger charge is 2.21. The number of rotatable bonds is 6. The van der Waals surface area contributed by atoms with Gasteiger partial charge in [0.05, 0.1) is 16.2 Å². The minimum absolute atomic E-state index is 0.230. The molecule has 0 fully saturated rings. The third-order valence-corrected chi connectivity index (χ3v) is 6.04. The van der Waals surface area contributed by atoms with Crippen LogP contribution in [0.5, 0.6) is 0 Å². The van der Waals surface area contributed by atoms with Crippen molar-refractivity contribution in [3.8, 4) is 0 Å². The van der Waals surface area contributed by atoms with Crippen molar-refractivity contribution >= 4 is 51.9 Å². The van der Waals surface area contributed by atoms with Crippen LogP contribution in [0.1, 0.15) is 18.1 Å². The van der Waals surface area contributed by atoms with E-state index in [0.717, 1.165) is 22.9 Å². The van der Waals surface area contributed by atoms with Crippen molar-refractivity contribution in [2.45, 2.75) is 37.7 Å². The number of anilines is 1. The maximum atomic E-state index is 12.9. The second kappa shape index (κ2) is 10.0. The Morgan fingerprint density at radius 2 is 2.00 bits per heavy atom. The minimum atomic E-state index is -0.695. The Bertz CT molecular complexity index is 1270. The molecule has 0 saturated heterocycles. The topological polar surface area (TPSA) is 93.1 Å². The molecule has 1 heterocycles. The van der Waals surface area contributed by atoms with Gasteiger partial charge in [-0.15, -0.1) is 6.58 Å². The monoisotopic (exact) mass is 470 g/mol. The summed E-state index contributed by atoms with van der Waals surface area (Å²) < 4.78 is 1.44. The number of allylic oxidation sites excluding steroid dienone is 1. The summed E-state index contributed by atoms with van der Waals surface area (Å²) in [6, 6.07) is 9.81. The second-order valence-electron chi connectivity index (χ2n) is 7.28. The maximum Gasteiger partial charge on any atom is 0.325 e. The molecule has 1 atom stereocenters. The van der Waals surface area contributed by atoms with Crippen molar-refractivity contribution in [3.05, 3.63) is 75.6 Å². The first-order chi connectivity index (χ1) is 15.2. The van der Waals surface area contributed by atoms with Gasteiger partial charge in [0.1, 0.15) is 0 Å². The molecule has 3 rings (SSSR count). The number of nitrogens with zero attached hydrogens (tertiary/aromatic N) is 2. The molecule has 2 aromatic carbocycles. The molecule has 3 amide bonds. The average Bonchev–Trinajstić information content (AvgIpc) is 2.72. The molecule has 0 radical (unpaired) electrons. The summed E-state index contributed by atoms with van der Waals surface area (Å²) >= 11 is 7.12. The average molecular weight is 471 g/mol. The van der Waals surface area contributed by atoms with Crippen LogP contribution < -0.4 is 16.2 Å². The van der Waals surface area contributed by atoms with E-state index in [9.17, 15) is 14.4 Å². The fourth-order valence-electron chi connectivity index (χ4n) is 3.09. The zero-order valence-corrected chi connectivity index (χ0v) is 19.5. The highest BCUT2D eigenvalue weighted by molar-refractivity contribution is 8.00. The molecule has 0 spiro atoms. The number of amides is 3. The number of hydrogen-bond acceptors (Lipinski definition) is 5. The predicted molar refractivity (Wildman–Crippen MR) is 130 cm³/mol. The van der Waals surface area contributed by atoms with Crippen molar-refractivity contribution in [1.29, 1.82) is 0 Å². The van der Waals surface area contributed by atoms with E-state index in [1.54, 1.807) is 37.3 Å². The zero-order valence-electron chi connectivity index (χ0n) is 17.9. The lowest BCUT2D eigenvalue weighted by Crippen LogP contribution is -2.39. The van der Waals surface area contributed by atoms with Gasteiger partial charge in [-0.3, -0.25) is 19.5 Å². The third-order valence-electron chi connectivity index (χ3n) is 4.71. The van der Waals surface area contributed by atoms with Gasteiger partial charge in [-0.2, -0.15) is 0 Å². The van der Waals surface area contributed by atoms with Gasteiger partial charge >= 0.3 is 6.03 Å². The lowest BCUT2D eigenvalue weighted by Gasteiger charge is -2.16. The van der Waals surface area contributed by atoms with Gasteiger partial charge in [0.2, 0.25) is 5.91 Å². The first kappa shape index (κ1) is 23.6. The zero-order chi connectivity index (χ0) is 23.4. The number of urea groups is 1. The second-order valence-corrected chi connectivity index (χ2v) is 9.03. The Morgan fingerprint density at radius 3 is 2.69 bits per heavy atom. The lowest BCUT2D eigenvalue weighted by molar-refractivity contribution is -0.119. The summed E-state index contributed by atoms with van der Waals surface area (Å²) in [4.78, 5) is 42.3. The summed E-state index contributed by atoms with van der Waals surface area (Å²) in [5.41, 5.74) is 2.76. The lowest BCUT2D eigenvalue weighted by atomic mass is 10.1. The maximum absolute atomic E-state index is 12.9. The number of carbonyl (C=O) groups excluding carboxylic acids is 2. The van der Waals surface area contributed by atoms with E-state index in [0.29, 0.717) is 26.8 Å². The van der Waals surface area contributed by atoms with Crippen molar-refractivity contribution in [3.63, 3.8) is 0 Å². The van der Waals surface area contributed by atoms with Crippen molar-refractivity contribution in [1.82, 2.24) is 14.9 Å². The Kier molecular flexibility index (Phi) is 7.37. The van der Waals surface area contributed by atoms with Crippen molar-refractivity contribution in [2.24, 2.45) is 0 Å². The number of imide groups is 1. The van der Waals surface area contributed by atoms with E-state index in [1.165, 1.54) is 4.57 Å². The van der Waals surface area contributed by atoms with Gasteiger partial charge in [0, 0.05) is 17.3 Å². The molecular formula is C23H23ClN4O3S. The SMILES string of the molecule is C=CCn1c(SC(C)C(=O)NC(=O)Nc2ccc(C)cc2C)nc2cc(Cl)ccc2c1=O. The van der Waals surface area contributed by atoms with Crippen LogP contribution in [0.2, 0.25) is 5.02 Å². The standard InChI is InChI=1S/C23H23ClN4O3S/c1-5-10-28-21(30)17-8-7-16(24)12-19(17)26-23(28)32-15(4)20(29)27-22(31)25-18-9-6-13(2)11-14(18)3/h5-9,11-12,15H,1,10H2,2-4H3,(H2,25,27,29,31). The Hall–Kier alpha value is -3.10. The summed E-state index contributed by atoms with van der Waals surface area (Å²) in [7, 11) is 0. The molecule has 0 aliphatic rings. The van der Waals surface area contributed by atoms with Crippen LogP contribution in [-0.4, -0.2) is 26.7 Å². The fraction of sp³-hybridized carbons (Fsp3) is 0.217. The number of aromatic nitrogens is 2. The molecular weight excluding hydrogens is 448 g/mol. The number of thioether (sulfide) groups is 1. The van der Waals surface area contributed by atoms with E-state index in [4.69, 9.17) is 11.6 Å². The summed E-state index contributed by atoms with van der Waals surface area (Å²) in [6.45, 7) is 9.39. The van der Waals surface area contributed by atoms with E-state index >= 15 is 0 Å². The molecule has 2 N–H and O–H groups in total. The van der Waals surface area contributed by atoms with Crippen LogP contribution in [0.25, 0.3) is 10.9 Å². The summed E-state index contributed by atoms with van der Waals surface area (Å²) in [5.74, 6) is -0.511. The molecule has 3 aromatic rings. The molecule has 7 nitrogen and oxygen atoms in total. The molecule has 0 aliphatic carbocycles. The molecule has 0 aliphatic heterocycles. The van der Waals surface area contributed by atoms with Gasteiger partial charge in [0.25, 0.3) is 5.56 Å². The van der Waals surface area contributed by atoms with Gasteiger partial charge in [-0.1, -0.05) is 47.1 Å². The predicted octanol–water partition coefficient (Wildman–Crippen LogP) is 4.68. The molecule has 1 aromatic heterocycles. The van der Waals surface area contributed by atoms with Gasteiger partial charge < -0.3 is 5.32 Å². The number of carbonyl (C=O) groups is 2. The van der Waals surface area contributed by atoms with Gasteiger partial charge in [-0.25, -0.2) is 9.78 Å². The Labute approximate surface area is 194 Å². The van der Waals surface area contributed by atoms with Crippen LogP contribution in [0.4, 0.5) is 10.5 Å². The van der Waals surface area contributed by atoms with E-state index in [1.807, 2.05) is 26.0 Å². The highest BCUT2D eigenvalue weighted by atomic mass is 35.5. The van der Waals surface area contributed by atoms with E-state index in [2.05, 4.69) is 22.2 Å².